The monoisotopic (exact) mass is 216 g/mol. The summed E-state index contributed by atoms with van der Waals surface area (Å²) in [7, 11) is 0. The first-order valence-electron chi connectivity index (χ1n) is 5.36. The van der Waals surface area contributed by atoms with Crippen LogP contribution in [0.1, 0.15) is 41.0 Å². The Labute approximate surface area is 92.2 Å². The lowest BCUT2D eigenvalue weighted by Gasteiger charge is -2.28. The van der Waals surface area contributed by atoms with Gasteiger partial charge in [-0.15, -0.1) is 0 Å². The zero-order valence-electron chi connectivity index (χ0n) is 10.4. The molecule has 0 fully saturated rings. The number of carbonyl (C=O) groups is 1. The van der Waals surface area contributed by atoms with Gasteiger partial charge < -0.3 is 16.2 Å². The van der Waals surface area contributed by atoms with Gasteiger partial charge in [0.25, 0.3) is 0 Å². The molecule has 0 aliphatic heterocycles. The lowest BCUT2D eigenvalue weighted by Crippen LogP contribution is -2.51. The van der Waals surface area contributed by atoms with Gasteiger partial charge in [0.05, 0.1) is 11.6 Å². The molecule has 0 aromatic heterocycles. The van der Waals surface area contributed by atoms with Crippen LogP contribution in [0.5, 0.6) is 0 Å². The molecule has 0 heterocycles. The largest absolute Gasteiger partial charge is 0.388 e. The highest BCUT2D eigenvalue weighted by atomic mass is 16.3. The zero-order valence-corrected chi connectivity index (χ0v) is 10.4. The van der Waals surface area contributed by atoms with Crippen LogP contribution in [0.3, 0.4) is 0 Å². The van der Waals surface area contributed by atoms with Gasteiger partial charge in [0, 0.05) is 6.54 Å². The summed E-state index contributed by atoms with van der Waals surface area (Å²) in [5, 5.41) is 12.4. The molecule has 2 atom stereocenters. The quantitative estimate of drug-likeness (QED) is 0.645. The summed E-state index contributed by atoms with van der Waals surface area (Å²) in [5.41, 5.74) is 4.66. The van der Waals surface area contributed by atoms with E-state index in [4.69, 9.17) is 5.73 Å². The number of nitrogens with one attached hydrogen (secondary N) is 1. The average Bonchev–Trinajstić information content (AvgIpc) is 2.11. The van der Waals surface area contributed by atoms with Gasteiger partial charge in [-0.1, -0.05) is 27.7 Å². The van der Waals surface area contributed by atoms with Crippen LogP contribution in [-0.2, 0) is 4.79 Å². The molecular formula is C11H24N2O2. The maximum Gasteiger partial charge on any atom is 0.237 e. The zero-order chi connectivity index (χ0) is 12.3. The third-order valence-electron chi connectivity index (χ3n) is 2.62. The molecule has 0 aromatic rings. The molecule has 0 aliphatic rings. The van der Waals surface area contributed by atoms with Crippen LogP contribution in [0.15, 0.2) is 0 Å². The number of hydrogen-bond donors (Lipinski definition) is 3. The Morgan fingerprint density at radius 3 is 2.20 bits per heavy atom. The molecule has 0 rings (SSSR count). The van der Waals surface area contributed by atoms with Gasteiger partial charge in [0.2, 0.25) is 5.91 Å². The molecule has 90 valence electrons. The van der Waals surface area contributed by atoms with Crippen molar-refractivity contribution in [2.75, 3.05) is 6.54 Å². The Morgan fingerprint density at radius 2 is 1.87 bits per heavy atom. The van der Waals surface area contributed by atoms with Crippen LogP contribution in [0.2, 0.25) is 0 Å². The van der Waals surface area contributed by atoms with E-state index in [-0.39, 0.29) is 17.9 Å². The number of aliphatic hydroxyl groups is 1. The third kappa shape index (κ3) is 5.14. The fourth-order valence-electron chi connectivity index (χ4n) is 0.906. The molecule has 4 heteroatoms. The second-order valence-electron chi connectivity index (χ2n) is 5.41. The van der Waals surface area contributed by atoms with E-state index < -0.39 is 11.6 Å². The summed E-state index contributed by atoms with van der Waals surface area (Å²) in [4.78, 5) is 11.6. The van der Waals surface area contributed by atoms with Crippen molar-refractivity contribution < 1.29 is 9.90 Å². The van der Waals surface area contributed by atoms with E-state index in [1.165, 1.54) is 0 Å². The van der Waals surface area contributed by atoms with E-state index in [2.05, 4.69) is 5.32 Å². The lowest BCUT2D eigenvalue weighted by molar-refractivity contribution is -0.125. The van der Waals surface area contributed by atoms with Crippen LogP contribution >= 0.6 is 0 Å². The Hall–Kier alpha value is -0.610. The SMILES string of the molecule is CCC(C)(O)CNC(=O)C(N)C(C)(C)C. The van der Waals surface area contributed by atoms with Gasteiger partial charge in [0.15, 0.2) is 0 Å². The Kier molecular flexibility index (Phi) is 4.74. The van der Waals surface area contributed by atoms with Crippen LogP contribution < -0.4 is 11.1 Å². The molecule has 4 N–H and O–H groups in total. The third-order valence-corrected chi connectivity index (χ3v) is 2.62. The van der Waals surface area contributed by atoms with Crippen molar-refractivity contribution in [3.8, 4) is 0 Å². The smallest absolute Gasteiger partial charge is 0.237 e. The van der Waals surface area contributed by atoms with Crippen molar-refractivity contribution in [1.29, 1.82) is 0 Å². The molecule has 0 bridgehead atoms. The Morgan fingerprint density at radius 1 is 1.40 bits per heavy atom. The molecule has 1 amide bonds. The summed E-state index contributed by atoms with van der Waals surface area (Å²) in [6, 6.07) is -0.551. The molecule has 0 saturated carbocycles. The van der Waals surface area contributed by atoms with Gasteiger partial charge in [0.1, 0.15) is 0 Å². The van der Waals surface area contributed by atoms with Gasteiger partial charge in [-0.05, 0) is 18.8 Å². The predicted molar refractivity (Wildman–Crippen MR) is 61.4 cm³/mol. The Balaban J connectivity index is 4.17. The van der Waals surface area contributed by atoms with Crippen LogP contribution in [0.25, 0.3) is 0 Å². The topological polar surface area (TPSA) is 75.3 Å². The number of carbonyl (C=O) groups excluding carboxylic acids is 1. The summed E-state index contributed by atoms with van der Waals surface area (Å²) in [6.45, 7) is 9.54. The van der Waals surface area contributed by atoms with Crippen molar-refractivity contribution in [2.24, 2.45) is 11.1 Å². The average molecular weight is 216 g/mol. The van der Waals surface area contributed by atoms with E-state index in [9.17, 15) is 9.90 Å². The molecule has 4 nitrogen and oxygen atoms in total. The first kappa shape index (κ1) is 14.4. The second kappa shape index (κ2) is 4.94. The highest BCUT2D eigenvalue weighted by Crippen LogP contribution is 2.17. The predicted octanol–water partition coefficient (Wildman–Crippen LogP) is 0.637. The van der Waals surface area contributed by atoms with E-state index in [0.29, 0.717) is 6.42 Å². The first-order valence-corrected chi connectivity index (χ1v) is 5.36. The summed E-state index contributed by atoms with van der Waals surface area (Å²) in [5.74, 6) is -0.212. The minimum atomic E-state index is -0.854. The van der Waals surface area contributed by atoms with Crippen molar-refractivity contribution in [3.05, 3.63) is 0 Å². The molecule has 15 heavy (non-hydrogen) atoms. The maximum absolute atomic E-state index is 11.6. The molecule has 0 aliphatic carbocycles. The van der Waals surface area contributed by atoms with Crippen molar-refractivity contribution in [1.82, 2.24) is 5.32 Å². The fraction of sp³-hybridized carbons (Fsp3) is 0.909. The van der Waals surface area contributed by atoms with Gasteiger partial charge in [-0.2, -0.15) is 0 Å². The maximum atomic E-state index is 11.6. The van der Waals surface area contributed by atoms with Crippen LogP contribution in [-0.4, -0.2) is 29.2 Å². The highest BCUT2D eigenvalue weighted by molar-refractivity contribution is 5.82. The molecule has 0 spiro atoms. The number of nitrogens with two attached hydrogens (primary N) is 1. The van der Waals surface area contributed by atoms with E-state index in [1.807, 2.05) is 27.7 Å². The van der Waals surface area contributed by atoms with Crippen molar-refractivity contribution in [3.63, 3.8) is 0 Å². The molecule has 0 saturated heterocycles. The minimum Gasteiger partial charge on any atom is -0.388 e. The lowest BCUT2D eigenvalue weighted by atomic mass is 9.87. The number of hydrogen-bond acceptors (Lipinski definition) is 3. The summed E-state index contributed by atoms with van der Waals surface area (Å²) < 4.78 is 0. The van der Waals surface area contributed by atoms with E-state index >= 15 is 0 Å². The van der Waals surface area contributed by atoms with Crippen molar-refractivity contribution >= 4 is 5.91 Å². The van der Waals surface area contributed by atoms with Crippen LogP contribution in [0.4, 0.5) is 0 Å². The normalized spacial score (nSPS) is 18.1. The van der Waals surface area contributed by atoms with Crippen LogP contribution in [0, 0.1) is 5.41 Å². The van der Waals surface area contributed by atoms with Crippen molar-refractivity contribution in [2.45, 2.75) is 52.7 Å². The van der Waals surface area contributed by atoms with Gasteiger partial charge in [-0.25, -0.2) is 0 Å². The summed E-state index contributed by atoms with van der Waals surface area (Å²) >= 11 is 0. The van der Waals surface area contributed by atoms with E-state index in [0.717, 1.165) is 0 Å². The highest BCUT2D eigenvalue weighted by Gasteiger charge is 2.28. The number of amides is 1. The van der Waals surface area contributed by atoms with Gasteiger partial charge in [-0.3, -0.25) is 4.79 Å². The van der Waals surface area contributed by atoms with Gasteiger partial charge >= 0.3 is 0 Å². The first-order chi connectivity index (χ1) is 6.60. The molecule has 0 aromatic carbocycles. The molecule has 2 unspecified atom stereocenters. The fourth-order valence-corrected chi connectivity index (χ4v) is 0.906. The minimum absolute atomic E-state index is 0.212. The molecular weight excluding hydrogens is 192 g/mol. The number of rotatable bonds is 4. The second-order valence-corrected chi connectivity index (χ2v) is 5.41. The molecule has 0 radical (unpaired) electrons. The van der Waals surface area contributed by atoms with E-state index in [1.54, 1.807) is 6.92 Å². The summed E-state index contributed by atoms with van der Waals surface area (Å²) in [6.07, 6.45) is 0.595. The Bertz CT molecular complexity index is 219. The standard InChI is InChI=1S/C11H24N2O2/c1-6-11(5,15)7-13-9(14)8(12)10(2,3)4/h8,15H,6-7,12H2,1-5H3,(H,13,14).